The van der Waals surface area contributed by atoms with Gasteiger partial charge in [-0.15, -0.1) is 0 Å². The van der Waals surface area contributed by atoms with E-state index in [-0.39, 0.29) is 5.41 Å². The Morgan fingerprint density at radius 1 is 1.10 bits per heavy atom. The number of aryl methyl sites for hydroxylation is 1. The summed E-state index contributed by atoms with van der Waals surface area (Å²) in [6.07, 6.45) is 2.34. The zero-order chi connectivity index (χ0) is 14.6. The first-order chi connectivity index (χ1) is 10.1. The van der Waals surface area contributed by atoms with Gasteiger partial charge in [0.15, 0.2) is 0 Å². The van der Waals surface area contributed by atoms with Crippen molar-refractivity contribution in [3.05, 3.63) is 59.2 Å². The van der Waals surface area contributed by atoms with Crippen LogP contribution >= 0.6 is 0 Å². The molecule has 0 saturated carbocycles. The van der Waals surface area contributed by atoms with Gasteiger partial charge in [0.1, 0.15) is 5.75 Å². The molecule has 2 aliphatic rings. The third-order valence-corrected chi connectivity index (χ3v) is 5.48. The van der Waals surface area contributed by atoms with Crippen LogP contribution in [0.3, 0.4) is 0 Å². The van der Waals surface area contributed by atoms with Crippen LogP contribution in [0.1, 0.15) is 43.0 Å². The number of anilines is 1. The van der Waals surface area contributed by atoms with Crippen molar-refractivity contribution in [3.8, 4) is 5.75 Å². The second kappa shape index (κ2) is 4.27. The molecule has 0 bridgehead atoms. The molecule has 21 heavy (non-hydrogen) atoms. The van der Waals surface area contributed by atoms with Crippen molar-refractivity contribution in [1.29, 1.82) is 0 Å². The van der Waals surface area contributed by atoms with E-state index in [0.717, 1.165) is 12.1 Å². The molecular formula is C19H21NO. The van der Waals surface area contributed by atoms with Crippen LogP contribution in [-0.4, -0.2) is 5.11 Å². The summed E-state index contributed by atoms with van der Waals surface area (Å²) < 4.78 is 0. The standard InChI is InChI=1S/C19H21NO/c1-19(2)14-8-5-9-16(21)18(14)20-17-13-7-4-3-6-12(13)10-11-15(17)19/h3-9,15,17,20-21H,10-11H2,1-2H3/t15-,17+/m1/s1. The Hall–Kier alpha value is -1.96. The fraction of sp³-hybridized carbons (Fsp3) is 0.368. The van der Waals surface area contributed by atoms with E-state index in [4.69, 9.17) is 0 Å². The number of rotatable bonds is 0. The van der Waals surface area contributed by atoms with E-state index in [1.807, 2.05) is 6.07 Å². The molecule has 0 spiro atoms. The summed E-state index contributed by atoms with van der Waals surface area (Å²) in [6.45, 7) is 4.63. The maximum Gasteiger partial charge on any atom is 0.138 e. The van der Waals surface area contributed by atoms with Gasteiger partial charge in [-0.25, -0.2) is 0 Å². The van der Waals surface area contributed by atoms with Crippen molar-refractivity contribution in [1.82, 2.24) is 0 Å². The average Bonchev–Trinajstić information content (AvgIpc) is 2.48. The van der Waals surface area contributed by atoms with Crippen molar-refractivity contribution in [2.45, 2.75) is 38.1 Å². The van der Waals surface area contributed by atoms with Crippen molar-refractivity contribution in [3.63, 3.8) is 0 Å². The molecule has 2 heteroatoms. The Bertz CT molecular complexity index is 704. The molecule has 2 aromatic carbocycles. The molecule has 2 N–H and O–H groups in total. The Morgan fingerprint density at radius 3 is 2.76 bits per heavy atom. The number of benzene rings is 2. The minimum atomic E-state index is 0.0670. The van der Waals surface area contributed by atoms with Gasteiger partial charge in [0.05, 0.1) is 11.7 Å². The molecule has 108 valence electrons. The first-order valence-corrected chi connectivity index (χ1v) is 7.76. The molecule has 0 unspecified atom stereocenters. The number of phenolic OH excluding ortho intramolecular Hbond substituents is 1. The first-order valence-electron chi connectivity index (χ1n) is 7.76. The summed E-state index contributed by atoms with van der Waals surface area (Å²) in [5.74, 6) is 0.920. The average molecular weight is 279 g/mol. The van der Waals surface area contributed by atoms with E-state index in [9.17, 15) is 5.11 Å². The van der Waals surface area contributed by atoms with Crippen LogP contribution in [0.25, 0.3) is 0 Å². The Kier molecular flexibility index (Phi) is 2.59. The van der Waals surface area contributed by atoms with E-state index >= 15 is 0 Å². The van der Waals surface area contributed by atoms with Gasteiger partial charge in [-0.2, -0.15) is 0 Å². The van der Waals surface area contributed by atoms with E-state index in [0.29, 0.717) is 17.7 Å². The summed E-state index contributed by atoms with van der Waals surface area (Å²) in [6, 6.07) is 14.9. The molecule has 0 aromatic heterocycles. The highest BCUT2D eigenvalue weighted by Gasteiger charge is 2.45. The molecule has 1 aliphatic heterocycles. The molecule has 2 aromatic rings. The van der Waals surface area contributed by atoms with Crippen LogP contribution in [0, 0.1) is 5.92 Å². The van der Waals surface area contributed by atoms with Crippen LogP contribution in [0.2, 0.25) is 0 Å². The van der Waals surface area contributed by atoms with Crippen LogP contribution in [0.15, 0.2) is 42.5 Å². The zero-order valence-corrected chi connectivity index (χ0v) is 12.6. The molecule has 1 heterocycles. The van der Waals surface area contributed by atoms with Gasteiger partial charge in [-0.1, -0.05) is 50.2 Å². The Labute approximate surface area is 125 Å². The number of para-hydroxylation sites is 1. The first kappa shape index (κ1) is 12.8. The highest BCUT2D eigenvalue weighted by atomic mass is 16.3. The predicted molar refractivity (Wildman–Crippen MR) is 85.7 cm³/mol. The van der Waals surface area contributed by atoms with Gasteiger partial charge >= 0.3 is 0 Å². The zero-order valence-electron chi connectivity index (χ0n) is 12.6. The molecule has 2 atom stereocenters. The van der Waals surface area contributed by atoms with Gasteiger partial charge < -0.3 is 10.4 Å². The summed E-state index contributed by atoms with van der Waals surface area (Å²) in [7, 11) is 0. The smallest absolute Gasteiger partial charge is 0.138 e. The predicted octanol–water partition coefficient (Wildman–Crippen LogP) is 4.40. The highest BCUT2D eigenvalue weighted by Crippen LogP contribution is 2.54. The maximum absolute atomic E-state index is 10.3. The highest BCUT2D eigenvalue weighted by molar-refractivity contribution is 5.67. The van der Waals surface area contributed by atoms with E-state index in [1.54, 1.807) is 6.07 Å². The van der Waals surface area contributed by atoms with Crippen molar-refractivity contribution >= 4 is 5.69 Å². The van der Waals surface area contributed by atoms with Crippen molar-refractivity contribution in [2.24, 2.45) is 5.92 Å². The van der Waals surface area contributed by atoms with Crippen LogP contribution in [0.4, 0.5) is 5.69 Å². The fourth-order valence-corrected chi connectivity index (χ4v) is 4.30. The molecule has 4 rings (SSSR count). The number of fused-ring (bicyclic) bond motifs is 4. The second-order valence-corrected chi connectivity index (χ2v) is 6.89. The largest absolute Gasteiger partial charge is 0.506 e. The monoisotopic (exact) mass is 279 g/mol. The molecule has 2 nitrogen and oxygen atoms in total. The maximum atomic E-state index is 10.3. The second-order valence-electron chi connectivity index (χ2n) is 6.89. The third-order valence-electron chi connectivity index (χ3n) is 5.48. The lowest BCUT2D eigenvalue weighted by molar-refractivity contribution is 0.238. The van der Waals surface area contributed by atoms with Crippen molar-refractivity contribution < 1.29 is 5.11 Å². The SMILES string of the molecule is CC1(C)c2cccc(O)c2N[C@H]2c3ccccc3CC[C@H]21. The van der Waals surface area contributed by atoms with Crippen molar-refractivity contribution in [2.75, 3.05) is 5.32 Å². The van der Waals surface area contributed by atoms with Gasteiger partial charge in [0.2, 0.25) is 0 Å². The number of phenols is 1. The van der Waals surface area contributed by atoms with Crippen LogP contribution in [-0.2, 0) is 11.8 Å². The molecule has 0 radical (unpaired) electrons. The number of hydrogen-bond donors (Lipinski definition) is 2. The number of hydrogen-bond acceptors (Lipinski definition) is 2. The fourth-order valence-electron chi connectivity index (χ4n) is 4.30. The molecule has 0 fully saturated rings. The Balaban J connectivity index is 1.91. The Morgan fingerprint density at radius 2 is 1.90 bits per heavy atom. The normalized spacial score (nSPS) is 25.2. The molecule has 1 aliphatic carbocycles. The van der Waals surface area contributed by atoms with Crippen LogP contribution in [0.5, 0.6) is 5.75 Å². The van der Waals surface area contributed by atoms with Gasteiger partial charge in [0, 0.05) is 0 Å². The summed E-state index contributed by atoms with van der Waals surface area (Å²) >= 11 is 0. The van der Waals surface area contributed by atoms with Gasteiger partial charge in [-0.3, -0.25) is 0 Å². The quantitative estimate of drug-likeness (QED) is 0.701. The van der Waals surface area contributed by atoms with E-state index in [1.165, 1.54) is 23.1 Å². The molecule has 0 amide bonds. The summed E-state index contributed by atoms with van der Waals surface area (Å²) in [4.78, 5) is 0. The lowest BCUT2D eigenvalue weighted by Crippen LogP contribution is -2.43. The molecule has 0 saturated heterocycles. The van der Waals surface area contributed by atoms with Gasteiger partial charge in [-0.05, 0) is 46.9 Å². The lowest BCUT2D eigenvalue weighted by atomic mass is 9.61. The topological polar surface area (TPSA) is 32.3 Å². The summed E-state index contributed by atoms with van der Waals surface area (Å²) in [5, 5.41) is 13.9. The lowest BCUT2D eigenvalue weighted by Gasteiger charge is -2.49. The minimum absolute atomic E-state index is 0.0670. The third kappa shape index (κ3) is 1.71. The molecular weight excluding hydrogens is 258 g/mol. The van der Waals surface area contributed by atoms with E-state index in [2.05, 4.69) is 49.5 Å². The number of nitrogens with one attached hydrogen (secondary N) is 1. The minimum Gasteiger partial charge on any atom is -0.506 e. The summed E-state index contributed by atoms with van der Waals surface area (Å²) in [5.41, 5.74) is 5.07. The number of aromatic hydroxyl groups is 1. The van der Waals surface area contributed by atoms with Crippen LogP contribution < -0.4 is 5.32 Å². The van der Waals surface area contributed by atoms with Gasteiger partial charge in [0.25, 0.3) is 0 Å². The van der Waals surface area contributed by atoms with E-state index < -0.39 is 0 Å².